The van der Waals surface area contributed by atoms with Gasteiger partial charge in [-0.25, -0.2) is 4.79 Å². The maximum atomic E-state index is 12.6. The third kappa shape index (κ3) is 8.04. The zero-order valence-electron chi connectivity index (χ0n) is 31.0. The van der Waals surface area contributed by atoms with Crippen molar-refractivity contribution in [3.05, 3.63) is 89.2 Å². The van der Waals surface area contributed by atoms with E-state index in [-0.39, 0.29) is 42.4 Å². The first kappa shape index (κ1) is 37.6. The number of aliphatic carboxylic acids is 1. The molecule has 54 heavy (non-hydrogen) atoms. The van der Waals surface area contributed by atoms with Crippen molar-refractivity contribution in [2.45, 2.75) is 94.5 Å². The van der Waals surface area contributed by atoms with E-state index in [1.165, 1.54) is 22.6 Å². The second-order valence-corrected chi connectivity index (χ2v) is 16.0. The molecular formula is C44H55N5O5. The molecule has 0 unspecified atom stereocenters. The molecule has 1 aliphatic heterocycles. The summed E-state index contributed by atoms with van der Waals surface area (Å²) in [7, 11) is 0. The van der Waals surface area contributed by atoms with Crippen LogP contribution in [-0.4, -0.2) is 64.9 Å². The summed E-state index contributed by atoms with van der Waals surface area (Å²) in [6, 6.07) is 14.6. The quantitative estimate of drug-likeness (QED) is 0.0367. The number of carboxylic acid groups (broad SMARTS) is 1. The Morgan fingerprint density at radius 1 is 1.00 bits per heavy atom. The van der Waals surface area contributed by atoms with Crippen molar-refractivity contribution < 1.29 is 24.6 Å². The summed E-state index contributed by atoms with van der Waals surface area (Å²) in [5, 5.41) is 29.0. The summed E-state index contributed by atoms with van der Waals surface area (Å²) in [6.07, 6.45) is 19.6. The van der Waals surface area contributed by atoms with Gasteiger partial charge in [-0.2, -0.15) is 0 Å². The number of carbonyl (C=O) groups excluding carboxylic acids is 2. The maximum absolute atomic E-state index is 12.6. The minimum atomic E-state index is -0.974. The number of unbranched alkanes of at least 4 members (excludes halogenated alkanes) is 2. The highest BCUT2D eigenvalue weighted by Gasteiger charge is 2.54. The SMILES string of the molecule is NC1=NCC[C@H](/C(=C\C(=O)O)[C@H](Nc2ccc[nH]2)[C@H]2CC[C@@H]3c4cc5ccc(CC=O)cc5cc4[C@@H]4[C@H]2[C@H]3C=C[C@H]4CCCCC[C@H](C=O)CCCO)N1. The molecule has 2 heterocycles. The highest BCUT2D eigenvalue weighted by Crippen LogP contribution is 2.62. The van der Waals surface area contributed by atoms with Crippen LogP contribution in [0.4, 0.5) is 5.82 Å². The number of allylic oxidation sites excluding steroid dienone is 2. The number of nitrogens with two attached hydrogens (primary N) is 1. The van der Waals surface area contributed by atoms with Gasteiger partial charge in [0.1, 0.15) is 18.4 Å². The molecule has 1 saturated carbocycles. The van der Waals surface area contributed by atoms with Crippen LogP contribution in [-0.2, 0) is 20.8 Å². The third-order valence-electron chi connectivity index (χ3n) is 12.8. The Kier molecular flexibility index (Phi) is 12.0. The first-order valence-corrected chi connectivity index (χ1v) is 20.0. The smallest absolute Gasteiger partial charge is 0.328 e. The molecule has 7 N–H and O–H groups in total. The molecule has 10 nitrogen and oxygen atoms in total. The van der Waals surface area contributed by atoms with Gasteiger partial charge in [-0.05, 0) is 126 Å². The van der Waals surface area contributed by atoms with Crippen molar-refractivity contribution in [1.82, 2.24) is 10.3 Å². The number of hydrogen-bond donors (Lipinski definition) is 6. The van der Waals surface area contributed by atoms with E-state index < -0.39 is 5.97 Å². The number of anilines is 1. The average molecular weight is 734 g/mol. The molecule has 2 aromatic carbocycles. The number of hydrogen-bond acceptors (Lipinski definition) is 8. The predicted octanol–water partition coefficient (Wildman–Crippen LogP) is 6.62. The van der Waals surface area contributed by atoms with E-state index in [1.807, 2.05) is 18.3 Å². The molecule has 10 heteroatoms. The summed E-state index contributed by atoms with van der Waals surface area (Å²) >= 11 is 0. The number of nitrogens with one attached hydrogen (secondary N) is 3. The fraction of sp³-hybridized carbons (Fsp3) is 0.500. The van der Waals surface area contributed by atoms with Crippen LogP contribution in [0.5, 0.6) is 0 Å². The number of aromatic amines is 1. The van der Waals surface area contributed by atoms with Crippen LogP contribution in [0, 0.1) is 29.6 Å². The van der Waals surface area contributed by atoms with Crippen molar-refractivity contribution >= 4 is 41.1 Å². The van der Waals surface area contributed by atoms with Crippen molar-refractivity contribution in [2.24, 2.45) is 40.3 Å². The highest BCUT2D eigenvalue weighted by molar-refractivity contribution is 5.86. The summed E-state index contributed by atoms with van der Waals surface area (Å²) < 4.78 is 0. The minimum absolute atomic E-state index is 0.00690. The Bertz CT molecular complexity index is 1880. The number of nitrogens with zero attached hydrogens (tertiary/aromatic N) is 1. The number of aldehydes is 2. The fourth-order valence-electron chi connectivity index (χ4n) is 10.5. The topological polar surface area (TPSA) is 170 Å². The fourth-order valence-corrected chi connectivity index (χ4v) is 10.5. The van der Waals surface area contributed by atoms with Crippen LogP contribution < -0.4 is 16.4 Å². The number of fused-ring (bicyclic) bond motifs is 4. The van der Waals surface area contributed by atoms with Crippen molar-refractivity contribution in [3.63, 3.8) is 0 Å². The van der Waals surface area contributed by atoms with Crippen molar-refractivity contribution in [2.75, 3.05) is 18.5 Å². The van der Waals surface area contributed by atoms with Gasteiger partial charge >= 0.3 is 5.97 Å². The van der Waals surface area contributed by atoms with E-state index in [0.29, 0.717) is 49.5 Å². The van der Waals surface area contributed by atoms with E-state index in [1.54, 1.807) is 0 Å². The molecule has 0 saturated heterocycles. The standard InChI is InChI=1S/C44H55N5O5/c45-44-47-19-16-38(48-44)37(25-40(53)54)43(49-39-9-4-18-46-39)34-15-14-32-33-13-12-29(8-3-1-2-6-28(26-52)7-5-20-50)41(42(33)34)36-24-31-22-27(17-21-51)10-11-30(31)23-35(32)36/h4,9-13,18,21-26,28-29,32-34,38,41-43,46,49-50H,1-3,5-8,14-17,19-20H2,(H,53,54)(H3,45,47,48)/b37-25+/t28-,29+,32-,33-,34-,38+,41+,42-,43+/m0/s1. The Hall–Kier alpha value is -4.70. The number of aliphatic hydroxyl groups is 1. The van der Waals surface area contributed by atoms with Crippen LogP contribution >= 0.6 is 0 Å². The number of aromatic nitrogens is 1. The molecule has 4 bridgehead atoms. The number of H-pyrrole nitrogens is 1. The average Bonchev–Trinajstić information content (AvgIpc) is 3.69. The second kappa shape index (κ2) is 17.2. The summed E-state index contributed by atoms with van der Waals surface area (Å²) in [5.41, 5.74) is 10.9. The summed E-state index contributed by atoms with van der Waals surface area (Å²) in [4.78, 5) is 43.4. The monoisotopic (exact) mass is 733 g/mol. The zero-order valence-corrected chi connectivity index (χ0v) is 31.0. The molecule has 1 fully saturated rings. The Balaban J connectivity index is 1.27. The number of carbonyl (C=O) groups is 3. The third-order valence-corrected chi connectivity index (χ3v) is 12.8. The zero-order chi connectivity index (χ0) is 37.6. The Labute approximate surface area is 317 Å². The minimum Gasteiger partial charge on any atom is -0.478 e. The number of benzene rings is 2. The first-order chi connectivity index (χ1) is 26.4. The number of rotatable bonds is 18. The molecule has 4 aliphatic rings. The van der Waals surface area contributed by atoms with Gasteiger partial charge in [0.05, 0.1) is 12.1 Å². The first-order valence-electron chi connectivity index (χ1n) is 20.0. The van der Waals surface area contributed by atoms with Gasteiger partial charge in [0.25, 0.3) is 0 Å². The van der Waals surface area contributed by atoms with Crippen LogP contribution in [0.2, 0.25) is 0 Å². The number of aliphatic imine (C=N–C) groups is 1. The molecule has 7 rings (SSSR count). The molecule has 286 valence electrons. The molecule has 0 spiro atoms. The van der Waals surface area contributed by atoms with Crippen LogP contribution in [0.15, 0.2) is 77.5 Å². The highest BCUT2D eigenvalue weighted by atomic mass is 16.4. The maximum Gasteiger partial charge on any atom is 0.328 e. The van der Waals surface area contributed by atoms with Gasteiger partial charge in [-0.1, -0.05) is 61.7 Å². The molecule has 1 aromatic heterocycles. The van der Waals surface area contributed by atoms with E-state index in [2.05, 4.69) is 63.1 Å². The Morgan fingerprint density at radius 2 is 1.85 bits per heavy atom. The molecule has 3 aliphatic carbocycles. The van der Waals surface area contributed by atoms with Crippen molar-refractivity contribution in [3.8, 4) is 0 Å². The van der Waals surface area contributed by atoms with Gasteiger partial charge < -0.3 is 41.2 Å². The van der Waals surface area contributed by atoms with Gasteiger partial charge in [0, 0.05) is 37.8 Å². The molecular weight excluding hydrogens is 679 g/mol. The van der Waals surface area contributed by atoms with Crippen LogP contribution in [0.3, 0.4) is 0 Å². The van der Waals surface area contributed by atoms with Gasteiger partial charge in [0.2, 0.25) is 0 Å². The summed E-state index contributed by atoms with van der Waals surface area (Å²) in [5.74, 6) is 1.82. The molecule has 0 amide bonds. The molecule has 0 radical (unpaired) electrons. The van der Waals surface area contributed by atoms with Gasteiger partial charge in [-0.15, -0.1) is 0 Å². The van der Waals surface area contributed by atoms with Gasteiger partial charge in [-0.3, -0.25) is 4.99 Å². The number of carboxylic acids is 1. The lowest BCUT2D eigenvalue weighted by Crippen LogP contribution is -2.54. The largest absolute Gasteiger partial charge is 0.478 e. The lowest BCUT2D eigenvalue weighted by atomic mass is 9.48. The van der Waals surface area contributed by atoms with Crippen LogP contribution in [0.25, 0.3) is 10.8 Å². The normalized spacial score (nSPS) is 26.9. The Morgan fingerprint density at radius 3 is 2.61 bits per heavy atom. The lowest BCUT2D eigenvalue weighted by Gasteiger charge is -2.57. The van der Waals surface area contributed by atoms with Crippen LogP contribution in [0.1, 0.15) is 92.7 Å². The van der Waals surface area contributed by atoms with E-state index in [9.17, 15) is 24.6 Å². The van der Waals surface area contributed by atoms with Gasteiger partial charge in [0.15, 0.2) is 5.96 Å². The number of aliphatic hydroxyl groups excluding tert-OH is 1. The van der Waals surface area contributed by atoms with E-state index >= 15 is 0 Å². The van der Waals surface area contributed by atoms with Crippen molar-refractivity contribution in [1.29, 1.82) is 0 Å². The second-order valence-electron chi connectivity index (χ2n) is 16.0. The lowest BCUT2D eigenvalue weighted by molar-refractivity contribution is -0.131. The number of guanidine groups is 1. The molecule has 3 aromatic rings. The van der Waals surface area contributed by atoms with E-state index in [4.69, 9.17) is 5.73 Å². The predicted molar refractivity (Wildman–Crippen MR) is 212 cm³/mol. The molecule has 9 atom stereocenters. The summed E-state index contributed by atoms with van der Waals surface area (Å²) in [6.45, 7) is 0.650. The van der Waals surface area contributed by atoms with E-state index in [0.717, 1.165) is 86.3 Å².